The lowest BCUT2D eigenvalue weighted by molar-refractivity contribution is -0.873. The fourth-order valence-electron chi connectivity index (χ4n) is 1.45. The van der Waals surface area contributed by atoms with E-state index in [0.717, 1.165) is 0 Å². The Bertz CT molecular complexity index is 376. The lowest BCUT2D eigenvalue weighted by atomic mass is 10.1. The van der Waals surface area contributed by atoms with Gasteiger partial charge in [0.05, 0.1) is 27.2 Å². The molecule has 0 aromatic heterocycles. The van der Waals surface area contributed by atoms with Gasteiger partial charge in [-0.05, 0) is 6.92 Å². The highest BCUT2D eigenvalue weighted by molar-refractivity contribution is 7.46. The fourth-order valence-corrected chi connectivity index (χ4v) is 2.06. The van der Waals surface area contributed by atoms with Gasteiger partial charge in [0.15, 0.2) is 0 Å². The Hall–Kier alpha value is -0.920. The summed E-state index contributed by atoms with van der Waals surface area (Å²) in [5, 5.41) is 2.47. The Kier molecular flexibility index (Phi) is 7.40. The molecule has 0 aliphatic rings. The summed E-state index contributed by atoms with van der Waals surface area (Å²) >= 11 is 0. The molecule has 0 saturated heterocycles. The van der Waals surface area contributed by atoms with Crippen molar-refractivity contribution in [2.24, 2.45) is 0 Å². The number of phosphoric ester groups is 1. The highest BCUT2D eigenvalue weighted by Crippen LogP contribution is 2.38. The predicted molar refractivity (Wildman–Crippen MR) is 74.0 cm³/mol. The summed E-state index contributed by atoms with van der Waals surface area (Å²) < 4.78 is 20.9. The Balaban J connectivity index is 4.71. The second kappa shape index (κ2) is 7.75. The monoisotopic (exact) mass is 311 g/mol. The molecule has 0 fully saturated rings. The smallest absolute Gasteiger partial charge is 0.445 e. The van der Waals surface area contributed by atoms with E-state index >= 15 is 0 Å². The Morgan fingerprint density at radius 1 is 1.45 bits per heavy atom. The number of ether oxygens (including phenoxy) is 1. The van der Waals surface area contributed by atoms with Crippen LogP contribution in [0.4, 0.5) is 4.79 Å². The predicted octanol–water partition coefficient (Wildman–Crippen LogP) is 0.471. The average molecular weight is 311 g/mol. The van der Waals surface area contributed by atoms with Gasteiger partial charge in [-0.3, -0.25) is 4.52 Å². The molecule has 0 rings (SSSR count). The van der Waals surface area contributed by atoms with Crippen LogP contribution >= 0.6 is 7.82 Å². The second-order valence-corrected chi connectivity index (χ2v) is 6.62. The first-order valence-corrected chi connectivity index (χ1v) is 7.56. The lowest BCUT2D eigenvalue weighted by Gasteiger charge is -2.32. The van der Waals surface area contributed by atoms with E-state index in [0.29, 0.717) is 11.0 Å². The van der Waals surface area contributed by atoms with Crippen LogP contribution in [0.1, 0.15) is 6.92 Å². The molecule has 0 aromatic carbocycles. The van der Waals surface area contributed by atoms with E-state index in [1.165, 1.54) is 6.08 Å². The molecule has 0 spiro atoms. The van der Waals surface area contributed by atoms with Crippen LogP contribution in [-0.2, 0) is 13.8 Å². The Labute approximate surface area is 119 Å². The Morgan fingerprint density at radius 2 is 2.00 bits per heavy atom. The molecule has 1 amide bonds. The van der Waals surface area contributed by atoms with Gasteiger partial charge in [-0.15, -0.1) is 0 Å². The largest absolute Gasteiger partial charge is 0.470 e. The molecule has 20 heavy (non-hydrogen) atoms. The standard InChI is InChI=1S/C11H23N2O6P/c1-6-7-18-11(14)12-9(2)10(8-13(3,4)5)19-20(15,16)17/h6,9-10H,1,7-8H2,2-5H3,(H2-,12,14,15,16,17)/p+1. The number of nitrogens with zero attached hydrogens (tertiary/aromatic N) is 1. The van der Waals surface area contributed by atoms with Gasteiger partial charge < -0.3 is 24.3 Å². The number of alkyl carbamates (subject to hydrolysis) is 1. The molecule has 0 bridgehead atoms. The van der Waals surface area contributed by atoms with Crippen molar-refractivity contribution in [2.45, 2.75) is 19.1 Å². The van der Waals surface area contributed by atoms with Crippen LogP contribution in [0.2, 0.25) is 0 Å². The van der Waals surface area contributed by atoms with Crippen LogP contribution in [-0.4, -0.2) is 66.8 Å². The number of hydrogen-bond acceptors (Lipinski definition) is 4. The van der Waals surface area contributed by atoms with Crippen LogP contribution in [0.3, 0.4) is 0 Å². The zero-order valence-electron chi connectivity index (χ0n) is 12.3. The van der Waals surface area contributed by atoms with Gasteiger partial charge >= 0.3 is 13.9 Å². The number of likely N-dealkylation sites (N-methyl/N-ethyl adjacent to an activating group) is 1. The van der Waals surface area contributed by atoms with Gasteiger partial charge in [0, 0.05) is 0 Å². The third kappa shape index (κ3) is 9.94. The number of carbonyl (C=O) groups excluding carboxylic acids is 1. The first-order valence-electron chi connectivity index (χ1n) is 6.03. The molecule has 9 heteroatoms. The molecule has 0 aromatic rings. The van der Waals surface area contributed by atoms with E-state index < -0.39 is 26.1 Å². The summed E-state index contributed by atoms with van der Waals surface area (Å²) in [6.45, 7) is 5.35. The van der Waals surface area contributed by atoms with Gasteiger partial charge in [0.2, 0.25) is 0 Å². The van der Waals surface area contributed by atoms with Crippen molar-refractivity contribution in [1.29, 1.82) is 0 Å². The first-order chi connectivity index (χ1) is 8.94. The summed E-state index contributed by atoms with van der Waals surface area (Å²) in [5.74, 6) is 0. The van der Waals surface area contributed by atoms with Crippen LogP contribution in [0, 0.1) is 0 Å². The number of rotatable bonds is 8. The maximum atomic E-state index is 11.4. The van der Waals surface area contributed by atoms with Crippen LogP contribution < -0.4 is 5.32 Å². The molecule has 118 valence electrons. The highest BCUT2D eigenvalue weighted by Gasteiger charge is 2.32. The molecule has 0 saturated carbocycles. The summed E-state index contributed by atoms with van der Waals surface area (Å²) in [5.41, 5.74) is 0. The maximum absolute atomic E-state index is 11.4. The minimum absolute atomic E-state index is 0.0535. The molecule has 0 heterocycles. The van der Waals surface area contributed by atoms with Gasteiger partial charge in [-0.2, -0.15) is 0 Å². The normalized spacial score (nSPS) is 15.3. The van der Waals surface area contributed by atoms with E-state index in [9.17, 15) is 9.36 Å². The zero-order chi connectivity index (χ0) is 16.0. The number of quaternary nitrogens is 1. The molecule has 8 nitrogen and oxygen atoms in total. The van der Waals surface area contributed by atoms with Crippen molar-refractivity contribution >= 4 is 13.9 Å². The number of phosphoric acid groups is 1. The molecule has 2 atom stereocenters. The van der Waals surface area contributed by atoms with E-state index in [2.05, 4.69) is 11.9 Å². The van der Waals surface area contributed by atoms with Gasteiger partial charge in [0.1, 0.15) is 19.3 Å². The lowest BCUT2D eigenvalue weighted by Crippen LogP contribution is -2.51. The van der Waals surface area contributed by atoms with Gasteiger partial charge in [0.25, 0.3) is 0 Å². The Morgan fingerprint density at radius 3 is 2.40 bits per heavy atom. The van der Waals surface area contributed by atoms with E-state index in [-0.39, 0.29) is 6.61 Å². The van der Waals surface area contributed by atoms with Gasteiger partial charge in [-0.25, -0.2) is 9.36 Å². The van der Waals surface area contributed by atoms with Crippen molar-refractivity contribution in [2.75, 3.05) is 34.3 Å². The quantitative estimate of drug-likeness (QED) is 0.342. The average Bonchev–Trinajstić information content (AvgIpc) is 2.21. The molecule has 3 N–H and O–H groups in total. The van der Waals surface area contributed by atoms with Crippen molar-refractivity contribution < 1.29 is 32.9 Å². The molecule has 0 aliphatic heterocycles. The SMILES string of the molecule is C=CCOC(=O)NC(C)C(C[N+](C)(C)C)OP(=O)(O)O. The molecular weight excluding hydrogens is 287 g/mol. The number of hydrogen-bond donors (Lipinski definition) is 3. The number of carbonyl (C=O) groups is 1. The summed E-state index contributed by atoms with van der Waals surface area (Å²) in [7, 11) is 0.893. The van der Waals surface area contributed by atoms with E-state index in [1.54, 1.807) is 6.92 Å². The van der Waals surface area contributed by atoms with Crippen LogP contribution in [0.5, 0.6) is 0 Å². The second-order valence-electron chi connectivity index (χ2n) is 5.43. The first kappa shape index (κ1) is 19.1. The molecule has 0 radical (unpaired) electrons. The van der Waals surface area contributed by atoms with E-state index in [4.69, 9.17) is 19.0 Å². The molecule has 0 aliphatic carbocycles. The summed E-state index contributed by atoms with van der Waals surface area (Å²) in [4.78, 5) is 29.3. The van der Waals surface area contributed by atoms with Crippen molar-refractivity contribution in [3.63, 3.8) is 0 Å². The number of nitrogens with one attached hydrogen (secondary N) is 1. The summed E-state index contributed by atoms with van der Waals surface area (Å²) in [6, 6.07) is -0.628. The third-order valence-corrected chi connectivity index (χ3v) is 2.78. The topological polar surface area (TPSA) is 105 Å². The molecular formula is C11H24N2O6P+. The maximum Gasteiger partial charge on any atom is 0.470 e. The van der Waals surface area contributed by atoms with Crippen molar-refractivity contribution in [1.82, 2.24) is 5.32 Å². The minimum Gasteiger partial charge on any atom is -0.445 e. The van der Waals surface area contributed by atoms with Gasteiger partial charge in [-0.1, -0.05) is 12.7 Å². The van der Waals surface area contributed by atoms with E-state index in [1.807, 2.05) is 21.1 Å². The third-order valence-electron chi connectivity index (χ3n) is 2.24. The minimum atomic E-state index is -4.64. The van der Waals surface area contributed by atoms with Crippen LogP contribution in [0.15, 0.2) is 12.7 Å². The van der Waals surface area contributed by atoms with Crippen molar-refractivity contribution in [3.05, 3.63) is 12.7 Å². The van der Waals surface area contributed by atoms with Crippen molar-refractivity contribution in [3.8, 4) is 0 Å². The highest BCUT2D eigenvalue weighted by atomic mass is 31.2. The number of amides is 1. The van der Waals surface area contributed by atoms with Crippen LogP contribution in [0.25, 0.3) is 0 Å². The summed E-state index contributed by atoms with van der Waals surface area (Å²) in [6.07, 6.45) is -0.134. The fraction of sp³-hybridized carbons (Fsp3) is 0.727. The molecule has 2 unspecified atom stereocenters. The zero-order valence-corrected chi connectivity index (χ0v) is 13.2.